The van der Waals surface area contributed by atoms with E-state index in [1.807, 2.05) is 51.1 Å². The van der Waals surface area contributed by atoms with Crippen LogP contribution in [0.3, 0.4) is 0 Å². The third-order valence-corrected chi connectivity index (χ3v) is 8.11. The molecule has 4 aromatic rings. The number of carbonyl (C=O) groups excluding carboxylic acids is 1. The monoisotopic (exact) mass is 534 g/mol. The van der Waals surface area contributed by atoms with Gasteiger partial charge < -0.3 is 4.57 Å². The molecule has 190 valence electrons. The Hall–Kier alpha value is -3.88. The summed E-state index contributed by atoms with van der Waals surface area (Å²) >= 11 is 6.15. The fraction of sp³-hybridized carbons (Fsp3) is 0.143. The Morgan fingerprint density at radius 3 is 2.30 bits per heavy atom. The highest BCUT2D eigenvalue weighted by Crippen LogP contribution is 2.24. The summed E-state index contributed by atoms with van der Waals surface area (Å²) in [5, 5.41) is 4.77. The second-order valence-electron chi connectivity index (χ2n) is 8.67. The SMILES string of the molecule is Cc1ccc(S(=O)(=O)N(C)c2ccc(C(=O)N/N=C\c3cc(C)n(-c4cccc(Cl)c4)c3C)cc2)cc1. The maximum atomic E-state index is 12.9. The lowest BCUT2D eigenvalue weighted by molar-refractivity contribution is 0.0955. The standard InChI is InChI=1S/C28H27ClN4O3S/c1-19-8-14-27(15-9-19)37(35,36)32(4)25-12-10-22(11-13-25)28(34)31-30-18-23-16-20(2)33(21(23)3)26-7-5-6-24(29)17-26/h5-18H,1-4H3,(H,31,34)/b30-18-. The molecule has 3 aromatic carbocycles. The molecule has 1 heterocycles. The molecule has 9 heteroatoms. The van der Waals surface area contributed by atoms with Gasteiger partial charge in [-0.3, -0.25) is 9.10 Å². The molecule has 7 nitrogen and oxygen atoms in total. The molecular weight excluding hydrogens is 508 g/mol. The van der Waals surface area contributed by atoms with E-state index in [-0.39, 0.29) is 4.90 Å². The molecule has 4 rings (SSSR count). The Morgan fingerprint density at radius 1 is 0.973 bits per heavy atom. The summed E-state index contributed by atoms with van der Waals surface area (Å²) in [7, 11) is -2.23. The van der Waals surface area contributed by atoms with Crippen molar-refractivity contribution in [1.82, 2.24) is 9.99 Å². The van der Waals surface area contributed by atoms with Crippen LogP contribution in [0.1, 0.15) is 32.9 Å². The van der Waals surface area contributed by atoms with Crippen LogP contribution < -0.4 is 9.73 Å². The lowest BCUT2D eigenvalue weighted by atomic mass is 10.2. The van der Waals surface area contributed by atoms with E-state index in [0.29, 0.717) is 16.3 Å². The average Bonchev–Trinajstić information content (AvgIpc) is 3.16. The van der Waals surface area contributed by atoms with Gasteiger partial charge in [0.15, 0.2) is 0 Å². The number of hydrogen-bond acceptors (Lipinski definition) is 4. The smallest absolute Gasteiger partial charge is 0.271 e. The van der Waals surface area contributed by atoms with Crippen molar-refractivity contribution >= 4 is 39.4 Å². The molecule has 0 atom stereocenters. The average molecular weight is 535 g/mol. The first-order valence-corrected chi connectivity index (χ1v) is 13.3. The molecule has 0 fully saturated rings. The molecular formula is C28H27ClN4O3S. The van der Waals surface area contributed by atoms with Crippen LogP contribution in [0.25, 0.3) is 5.69 Å². The minimum absolute atomic E-state index is 0.200. The van der Waals surface area contributed by atoms with Gasteiger partial charge in [-0.25, -0.2) is 13.8 Å². The molecule has 0 saturated carbocycles. The number of benzene rings is 3. The molecule has 0 spiro atoms. The van der Waals surface area contributed by atoms with E-state index < -0.39 is 15.9 Å². The highest BCUT2D eigenvalue weighted by molar-refractivity contribution is 7.92. The Bertz CT molecular complexity index is 1570. The summed E-state index contributed by atoms with van der Waals surface area (Å²) < 4.78 is 29.1. The van der Waals surface area contributed by atoms with Crippen LogP contribution in [-0.2, 0) is 10.0 Å². The third kappa shape index (κ3) is 5.60. The van der Waals surface area contributed by atoms with Gasteiger partial charge in [-0.05, 0) is 81.4 Å². The van der Waals surface area contributed by atoms with Crippen LogP contribution in [0.15, 0.2) is 88.9 Å². The summed E-state index contributed by atoms with van der Waals surface area (Å²) in [5.74, 6) is -0.407. The van der Waals surface area contributed by atoms with Gasteiger partial charge in [-0.2, -0.15) is 5.10 Å². The van der Waals surface area contributed by atoms with Crippen molar-refractivity contribution in [3.63, 3.8) is 0 Å². The zero-order valence-electron chi connectivity index (χ0n) is 20.9. The molecule has 0 aliphatic heterocycles. The van der Waals surface area contributed by atoms with Crippen molar-refractivity contribution in [2.45, 2.75) is 25.7 Å². The summed E-state index contributed by atoms with van der Waals surface area (Å²) in [6, 6.07) is 22.5. The summed E-state index contributed by atoms with van der Waals surface area (Å²) in [6.45, 7) is 5.85. The lowest BCUT2D eigenvalue weighted by Crippen LogP contribution is -2.26. The first kappa shape index (κ1) is 26.2. The lowest BCUT2D eigenvalue weighted by Gasteiger charge is -2.19. The number of amides is 1. The van der Waals surface area contributed by atoms with Gasteiger partial charge in [-0.1, -0.05) is 35.4 Å². The van der Waals surface area contributed by atoms with E-state index in [0.717, 1.165) is 28.2 Å². The number of carbonyl (C=O) groups is 1. The van der Waals surface area contributed by atoms with Gasteiger partial charge in [0, 0.05) is 40.3 Å². The van der Waals surface area contributed by atoms with Gasteiger partial charge >= 0.3 is 0 Å². The topological polar surface area (TPSA) is 83.8 Å². The van der Waals surface area contributed by atoms with Gasteiger partial charge in [0.25, 0.3) is 15.9 Å². The Balaban J connectivity index is 1.45. The molecule has 1 N–H and O–H groups in total. The highest BCUT2D eigenvalue weighted by atomic mass is 35.5. The maximum Gasteiger partial charge on any atom is 0.271 e. The van der Waals surface area contributed by atoms with Crippen molar-refractivity contribution in [2.75, 3.05) is 11.4 Å². The molecule has 37 heavy (non-hydrogen) atoms. The van der Waals surface area contributed by atoms with E-state index in [1.165, 1.54) is 11.4 Å². The minimum Gasteiger partial charge on any atom is -0.318 e. The second kappa shape index (κ2) is 10.6. The fourth-order valence-corrected chi connectivity index (χ4v) is 5.37. The van der Waals surface area contributed by atoms with E-state index in [1.54, 1.807) is 54.7 Å². The summed E-state index contributed by atoms with van der Waals surface area (Å²) in [4.78, 5) is 12.8. The zero-order valence-corrected chi connectivity index (χ0v) is 22.5. The van der Waals surface area contributed by atoms with Crippen LogP contribution in [0.5, 0.6) is 0 Å². The van der Waals surface area contributed by atoms with E-state index in [9.17, 15) is 13.2 Å². The highest BCUT2D eigenvalue weighted by Gasteiger charge is 2.21. The van der Waals surface area contributed by atoms with Crippen molar-refractivity contribution in [3.05, 3.63) is 112 Å². The van der Waals surface area contributed by atoms with Crippen LogP contribution in [-0.4, -0.2) is 32.2 Å². The molecule has 0 aliphatic carbocycles. The van der Waals surface area contributed by atoms with Crippen molar-refractivity contribution in [1.29, 1.82) is 0 Å². The number of sulfonamides is 1. The van der Waals surface area contributed by atoms with Crippen molar-refractivity contribution < 1.29 is 13.2 Å². The van der Waals surface area contributed by atoms with Crippen LogP contribution in [0.2, 0.25) is 5.02 Å². The number of rotatable bonds is 7. The predicted molar refractivity (Wildman–Crippen MR) is 149 cm³/mol. The normalized spacial score (nSPS) is 11.6. The molecule has 0 aliphatic rings. The molecule has 1 amide bonds. The van der Waals surface area contributed by atoms with Gasteiger partial charge in [0.2, 0.25) is 0 Å². The van der Waals surface area contributed by atoms with Gasteiger partial charge in [0.1, 0.15) is 0 Å². The predicted octanol–water partition coefficient (Wildman–Crippen LogP) is 5.64. The number of nitrogens with zero attached hydrogens (tertiary/aromatic N) is 3. The van der Waals surface area contributed by atoms with Crippen molar-refractivity contribution in [3.8, 4) is 5.69 Å². The fourth-order valence-electron chi connectivity index (χ4n) is 3.99. The zero-order chi connectivity index (χ0) is 26.7. The first-order valence-electron chi connectivity index (χ1n) is 11.5. The van der Waals surface area contributed by atoms with E-state index in [2.05, 4.69) is 15.1 Å². The van der Waals surface area contributed by atoms with Gasteiger partial charge in [0.05, 0.1) is 16.8 Å². The summed E-state index contributed by atoms with van der Waals surface area (Å²) in [5.41, 5.74) is 8.07. The van der Waals surface area contributed by atoms with Crippen LogP contribution in [0, 0.1) is 20.8 Å². The van der Waals surface area contributed by atoms with Gasteiger partial charge in [-0.15, -0.1) is 0 Å². The quantitative estimate of drug-likeness (QED) is 0.246. The molecule has 1 aromatic heterocycles. The number of hydrogen-bond donors (Lipinski definition) is 1. The van der Waals surface area contributed by atoms with Crippen molar-refractivity contribution in [2.24, 2.45) is 5.10 Å². The Kier molecular flexibility index (Phi) is 7.52. The molecule has 0 unspecified atom stereocenters. The number of nitrogens with one attached hydrogen (secondary N) is 1. The molecule has 0 saturated heterocycles. The number of anilines is 1. The van der Waals surface area contributed by atoms with E-state index >= 15 is 0 Å². The summed E-state index contributed by atoms with van der Waals surface area (Å²) in [6.07, 6.45) is 1.59. The largest absolute Gasteiger partial charge is 0.318 e. The van der Waals surface area contributed by atoms with Crippen LogP contribution in [0.4, 0.5) is 5.69 Å². The number of aromatic nitrogens is 1. The number of hydrazone groups is 1. The Morgan fingerprint density at radius 2 is 1.65 bits per heavy atom. The molecule has 0 bridgehead atoms. The third-order valence-electron chi connectivity index (χ3n) is 6.08. The minimum atomic E-state index is -3.71. The molecule has 0 radical (unpaired) electrons. The number of aryl methyl sites for hydroxylation is 2. The first-order chi connectivity index (χ1) is 17.6. The second-order valence-corrected chi connectivity index (χ2v) is 11.1. The van der Waals surface area contributed by atoms with E-state index in [4.69, 9.17) is 11.6 Å². The number of halogens is 1. The maximum absolute atomic E-state index is 12.9. The van der Waals surface area contributed by atoms with Crippen LogP contribution >= 0.6 is 11.6 Å². The Labute approximate surface area is 222 Å².